The van der Waals surface area contributed by atoms with E-state index >= 15 is 0 Å². The minimum absolute atomic E-state index is 0.0608. The zero-order valence-corrected chi connectivity index (χ0v) is 28.0. The quantitative estimate of drug-likeness (QED) is 0.129. The van der Waals surface area contributed by atoms with E-state index in [2.05, 4.69) is 60.9 Å². The lowest BCUT2D eigenvalue weighted by Crippen LogP contribution is -2.43. The lowest BCUT2D eigenvalue weighted by molar-refractivity contribution is -0.165. The number of hydrogen-bond donors (Lipinski definition) is 2. The maximum absolute atomic E-state index is 13.1. The summed E-state index contributed by atoms with van der Waals surface area (Å²) in [5, 5.41) is 6.86. The Hall–Kier alpha value is -2.70. The van der Waals surface area contributed by atoms with Crippen LogP contribution in [0, 0.1) is 0 Å². The molecule has 0 spiro atoms. The summed E-state index contributed by atoms with van der Waals surface area (Å²) in [5.74, 6) is 0.267. The molecule has 45 heavy (non-hydrogen) atoms. The predicted molar refractivity (Wildman–Crippen MR) is 182 cm³/mol. The van der Waals surface area contributed by atoms with Crippen LogP contribution < -0.4 is 10.6 Å². The summed E-state index contributed by atoms with van der Waals surface area (Å²) >= 11 is 0. The number of piperidine rings is 2. The molecule has 6 nitrogen and oxygen atoms in total. The van der Waals surface area contributed by atoms with E-state index in [0.717, 1.165) is 108 Å². The Morgan fingerprint density at radius 2 is 1.20 bits per heavy atom. The summed E-state index contributed by atoms with van der Waals surface area (Å²) in [6, 6.07) is 19.1. The molecule has 0 amide bonds. The van der Waals surface area contributed by atoms with Crippen molar-refractivity contribution in [3.8, 4) is 0 Å². The van der Waals surface area contributed by atoms with Crippen LogP contribution in [-0.4, -0.2) is 38.1 Å². The molecule has 2 N–H and O–H groups in total. The third-order valence-electron chi connectivity index (χ3n) is 9.93. The van der Waals surface area contributed by atoms with Gasteiger partial charge in [-0.2, -0.15) is 0 Å². The Labute approximate surface area is 272 Å². The molecule has 2 saturated heterocycles. The molecule has 248 valence electrons. The maximum Gasteiger partial charge on any atom is 0.306 e. The molecule has 0 aromatic heterocycles. The lowest BCUT2D eigenvalue weighted by atomic mass is 9.81. The molecule has 1 atom stereocenters. The summed E-state index contributed by atoms with van der Waals surface area (Å²) in [7, 11) is 0. The second-order valence-corrected chi connectivity index (χ2v) is 13.3. The molecule has 4 rings (SSSR count). The van der Waals surface area contributed by atoms with Gasteiger partial charge in [0.2, 0.25) is 0 Å². The molecule has 0 radical (unpaired) electrons. The topological polar surface area (TPSA) is 76.7 Å². The minimum Gasteiger partial charge on any atom is -0.454 e. The van der Waals surface area contributed by atoms with Crippen molar-refractivity contribution < 1.29 is 19.1 Å². The fourth-order valence-corrected chi connectivity index (χ4v) is 7.28. The van der Waals surface area contributed by atoms with Gasteiger partial charge < -0.3 is 20.1 Å². The minimum atomic E-state index is -0.550. The van der Waals surface area contributed by atoms with Gasteiger partial charge in [0.25, 0.3) is 0 Å². The first-order valence-corrected chi connectivity index (χ1v) is 18.0. The second kappa shape index (κ2) is 18.4. The van der Waals surface area contributed by atoms with Crippen molar-refractivity contribution in [2.75, 3.05) is 26.2 Å². The Morgan fingerprint density at radius 3 is 1.80 bits per heavy atom. The molecular formula is C39H58N2O4. The van der Waals surface area contributed by atoms with Gasteiger partial charge in [-0.1, -0.05) is 107 Å². The van der Waals surface area contributed by atoms with Crippen molar-refractivity contribution in [1.29, 1.82) is 0 Å². The predicted octanol–water partition coefficient (Wildman–Crippen LogP) is 8.44. The lowest BCUT2D eigenvalue weighted by Gasteiger charge is -2.38. The van der Waals surface area contributed by atoms with E-state index < -0.39 is 11.2 Å². The van der Waals surface area contributed by atoms with Crippen molar-refractivity contribution in [2.45, 2.75) is 134 Å². The van der Waals surface area contributed by atoms with E-state index in [4.69, 9.17) is 9.47 Å². The fraction of sp³-hybridized carbons (Fsp3) is 0.641. The van der Waals surface area contributed by atoms with Gasteiger partial charge in [-0.15, -0.1) is 0 Å². The fourth-order valence-electron chi connectivity index (χ4n) is 7.28. The summed E-state index contributed by atoms with van der Waals surface area (Å²) < 4.78 is 12.6. The average Bonchev–Trinajstić information content (AvgIpc) is 3.07. The average molecular weight is 619 g/mol. The smallest absolute Gasteiger partial charge is 0.306 e. The molecule has 2 aliphatic heterocycles. The molecule has 2 aromatic carbocycles. The van der Waals surface area contributed by atoms with Crippen LogP contribution in [0.1, 0.15) is 139 Å². The highest BCUT2D eigenvalue weighted by atomic mass is 16.6. The number of esters is 2. The van der Waals surface area contributed by atoms with Crippen molar-refractivity contribution >= 4 is 11.9 Å². The van der Waals surface area contributed by atoms with Gasteiger partial charge in [0.1, 0.15) is 11.2 Å². The van der Waals surface area contributed by atoms with Gasteiger partial charge in [0.05, 0.1) is 0 Å². The van der Waals surface area contributed by atoms with Crippen molar-refractivity contribution in [3.05, 3.63) is 71.3 Å². The van der Waals surface area contributed by atoms with E-state index in [9.17, 15) is 9.59 Å². The summed E-state index contributed by atoms with van der Waals surface area (Å²) in [5.41, 5.74) is 2.50. The highest BCUT2D eigenvalue weighted by Crippen LogP contribution is 2.39. The summed E-state index contributed by atoms with van der Waals surface area (Å²) in [4.78, 5) is 26.1. The number of unbranched alkanes of at least 4 members (excludes halogenated alkanes) is 5. The van der Waals surface area contributed by atoms with E-state index in [-0.39, 0.29) is 11.9 Å². The Balaban J connectivity index is 1.34. The van der Waals surface area contributed by atoms with Gasteiger partial charge in [-0.3, -0.25) is 9.59 Å². The van der Waals surface area contributed by atoms with Gasteiger partial charge in [0.15, 0.2) is 0 Å². The Bertz CT molecular complexity index is 1150. The first-order valence-electron chi connectivity index (χ1n) is 18.0. The van der Waals surface area contributed by atoms with Crippen LogP contribution >= 0.6 is 0 Å². The molecule has 0 aliphatic carbocycles. The van der Waals surface area contributed by atoms with Crippen LogP contribution in [0.5, 0.6) is 0 Å². The number of nitrogens with one attached hydrogen (secondary N) is 2. The summed E-state index contributed by atoms with van der Waals surface area (Å²) in [6.45, 7) is 7.87. The number of ether oxygens (including phenoxy) is 2. The van der Waals surface area contributed by atoms with Gasteiger partial charge in [-0.05, 0) is 74.5 Å². The number of carbonyl (C=O) groups excluding carboxylic acids is 2. The highest BCUT2D eigenvalue weighted by molar-refractivity contribution is 5.70. The molecule has 2 aromatic rings. The van der Waals surface area contributed by atoms with Gasteiger partial charge in [-0.25, -0.2) is 0 Å². The van der Waals surface area contributed by atoms with Crippen molar-refractivity contribution in [3.63, 3.8) is 0 Å². The largest absolute Gasteiger partial charge is 0.454 e. The number of hydrogen-bond acceptors (Lipinski definition) is 6. The monoisotopic (exact) mass is 618 g/mol. The number of rotatable bonds is 18. The third kappa shape index (κ3) is 10.4. The van der Waals surface area contributed by atoms with E-state index in [0.29, 0.717) is 18.8 Å². The zero-order chi connectivity index (χ0) is 31.8. The van der Waals surface area contributed by atoms with Crippen LogP contribution in [0.2, 0.25) is 0 Å². The van der Waals surface area contributed by atoms with Crippen LogP contribution in [0.3, 0.4) is 0 Å². The molecule has 0 saturated carbocycles. The van der Waals surface area contributed by atoms with Gasteiger partial charge >= 0.3 is 11.9 Å². The highest BCUT2D eigenvalue weighted by Gasteiger charge is 2.39. The molecule has 0 bridgehead atoms. The normalized spacial score (nSPS) is 18.2. The van der Waals surface area contributed by atoms with Crippen LogP contribution in [-0.2, 0) is 30.3 Å². The Kier molecular flexibility index (Phi) is 14.4. The van der Waals surface area contributed by atoms with Crippen molar-refractivity contribution in [2.24, 2.45) is 0 Å². The zero-order valence-electron chi connectivity index (χ0n) is 28.0. The number of carbonyl (C=O) groups is 2. The third-order valence-corrected chi connectivity index (χ3v) is 9.93. The Morgan fingerprint density at radius 1 is 0.644 bits per heavy atom. The number of benzene rings is 2. The van der Waals surface area contributed by atoms with Crippen LogP contribution in [0.4, 0.5) is 0 Å². The molecule has 6 heteroatoms. The van der Waals surface area contributed by atoms with E-state index in [1.165, 1.54) is 24.8 Å². The SMILES string of the molecule is CCCCCCCC(=O)OC1(c2cccc(C(CCC)CCCCC(=O)OC3(c4ccccc4)CCNCC3)c2)CCNCC1. The van der Waals surface area contributed by atoms with Crippen LogP contribution in [0.15, 0.2) is 54.6 Å². The standard InChI is InChI=1S/C39H58N2O4/c1-3-5-6-7-11-21-36(42)45-39(25-29-41-30-26-39)35-20-14-17-33(31-35)32(15-4-2)16-12-13-22-37(43)44-38(23-27-40-28-24-38)34-18-9-8-10-19-34/h8-10,14,17-20,31-32,40-41H,3-7,11-13,15-16,21-30H2,1-2H3. The van der Waals surface area contributed by atoms with Gasteiger partial charge in [0, 0.05) is 38.5 Å². The first kappa shape index (κ1) is 35.2. The second-order valence-electron chi connectivity index (χ2n) is 13.3. The maximum atomic E-state index is 13.1. The molecule has 2 heterocycles. The first-order chi connectivity index (χ1) is 22.0. The van der Waals surface area contributed by atoms with E-state index in [1.807, 2.05) is 18.2 Å². The molecule has 2 fully saturated rings. The molecular weight excluding hydrogens is 560 g/mol. The summed E-state index contributed by atoms with van der Waals surface area (Å²) in [6.07, 6.45) is 14.8. The van der Waals surface area contributed by atoms with Crippen molar-refractivity contribution in [1.82, 2.24) is 10.6 Å². The molecule has 2 aliphatic rings. The molecule has 1 unspecified atom stereocenters. The van der Waals surface area contributed by atoms with E-state index in [1.54, 1.807) is 0 Å². The van der Waals surface area contributed by atoms with Crippen LogP contribution in [0.25, 0.3) is 0 Å².